The molecule has 1 N–H and O–H groups in total. The maximum atomic E-state index is 13.0. The summed E-state index contributed by atoms with van der Waals surface area (Å²) in [7, 11) is 0. The van der Waals surface area contributed by atoms with Gasteiger partial charge in [0.15, 0.2) is 0 Å². The van der Waals surface area contributed by atoms with Crippen LogP contribution < -0.4 is 0 Å². The van der Waals surface area contributed by atoms with Gasteiger partial charge in [0, 0.05) is 12.6 Å². The minimum atomic E-state index is -0.981. The van der Waals surface area contributed by atoms with Gasteiger partial charge in [-0.15, -0.1) is 0 Å². The summed E-state index contributed by atoms with van der Waals surface area (Å²) < 4.78 is 13.0. The molecule has 1 aromatic carbocycles. The smallest absolute Gasteiger partial charge is 0.326 e. The Morgan fingerprint density at radius 3 is 2.89 bits per heavy atom. The maximum absolute atomic E-state index is 13.0. The fourth-order valence-corrected chi connectivity index (χ4v) is 2.16. The molecule has 0 radical (unpaired) electrons. The van der Waals surface area contributed by atoms with Crippen molar-refractivity contribution in [3.05, 3.63) is 41.7 Å². The quantitative estimate of drug-likeness (QED) is 0.847. The zero-order valence-corrected chi connectivity index (χ0v) is 10.3. The molecule has 1 saturated heterocycles. The topological polar surface area (TPSA) is 57.6 Å². The molecule has 0 unspecified atom stereocenters. The van der Waals surface area contributed by atoms with E-state index >= 15 is 0 Å². The van der Waals surface area contributed by atoms with Gasteiger partial charge in [0.05, 0.1) is 0 Å². The number of hydrogen-bond donors (Lipinski definition) is 1. The van der Waals surface area contributed by atoms with Crippen LogP contribution in [0.5, 0.6) is 0 Å². The Balaban J connectivity index is 2.06. The molecule has 5 heteroatoms. The van der Waals surface area contributed by atoms with Crippen LogP contribution in [0.25, 0.3) is 6.08 Å². The largest absolute Gasteiger partial charge is 0.480 e. The van der Waals surface area contributed by atoms with Crippen molar-refractivity contribution in [1.29, 1.82) is 0 Å². The first kappa shape index (κ1) is 13.3. The molecule has 0 spiro atoms. The van der Waals surface area contributed by atoms with E-state index in [1.165, 1.54) is 29.2 Å². The molecule has 1 aromatic rings. The van der Waals surface area contributed by atoms with Gasteiger partial charge in [-0.1, -0.05) is 12.1 Å². The number of halogens is 1. The fraction of sp³-hybridized carbons (Fsp3) is 0.286. The van der Waals surface area contributed by atoms with Crippen LogP contribution in [-0.4, -0.2) is 34.5 Å². The van der Waals surface area contributed by atoms with Gasteiger partial charge in [-0.2, -0.15) is 0 Å². The van der Waals surface area contributed by atoms with Crippen LogP contribution in [-0.2, 0) is 9.59 Å². The lowest BCUT2D eigenvalue weighted by Crippen LogP contribution is -2.39. The normalized spacial score (nSPS) is 19.0. The highest BCUT2D eigenvalue weighted by atomic mass is 19.1. The number of likely N-dealkylation sites (tertiary alicyclic amines) is 1. The molecule has 4 nitrogen and oxygen atoms in total. The summed E-state index contributed by atoms with van der Waals surface area (Å²) in [6.07, 6.45) is 3.95. The summed E-state index contributed by atoms with van der Waals surface area (Å²) in [5.74, 6) is -1.71. The molecule has 0 bridgehead atoms. The van der Waals surface area contributed by atoms with Gasteiger partial charge in [-0.05, 0) is 36.6 Å². The van der Waals surface area contributed by atoms with Crippen molar-refractivity contribution in [3.63, 3.8) is 0 Å². The van der Waals surface area contributed by atoms with E-state index in [1.54, 1.807) is 12.1 Å². The SMILES string of the molecule is O=C(O)[C@H]1CCCN1C(=O)/C=C\c1cccc(F)c1. The Hall–Kier alpha value is -2.17. The molecule has 19 heavy (non-hydrogen) atoms. The van der Waals surface area contributed by atoms with Crippen LogP contribution in [0.15, 0.2) is 30.3 Å². The summed E-state index contributed by atoms with van der Waals surface area (Å²) in [5, 5.41) is 8.99. The Labute approximate surface area is 110 Å². The molecular formula is C14H14FNO3. The van der Waals surface area contributed by atoms with Crippen molar-refractivity contribution < 1.29 is 19.1 Å². The van der Waals surface area contributed by atoms with Crippen LogP contribution >= 0.6 is 0 Å². The summed E-state index contributed by atoms with van der Waals surface area (Å²) in [5.41, 5.74) is 0.569. The van der Waals surface area contributed by atoms with Gasteiger partial charge < -0.3 is 10.0 Å². The number of aliphatic carboxylic acids is 1. The molecule has 1 atom stereocenters. The molecule has 0 saturated carbocycles. The second-order valence-corrected chi connectivity index (χ2v) is 4.42. The number of carbonyl (C=O) groups excluding carboxylic acids is 1. The first-order valence-electron chi connectivity index (χ1n) is 6.05. The van der Waals surface area contributed by atoms with Crippen molar-refractivity contribution in [3.8, 4) is 0 Å². The van der Waals surface area contributed by atoms with E-state index in [1.807, 2.05) is 0 Å². The van der Waals surface area contributed by atoms with E-state index in [4.69, 9.17) is 5.11 Å². The zero-order valence-electron chi connectivity index (χ0n) is 10.3. The predicted octanol–water partition coefficient (Wildman–Crippen LogP) is 1.91. The molecule has 0 aliphatic carbocycles. The molecule has 1 heterocycles. The molecular weight excluding hydrogens is 249 g/mol. The van der Waals surface area contributed by atoms with Gasteiger partial charge in [0.25, 0.3) is 0 Å². The summed E-state index contributed by atoms with van der Waals surface area (Å²) in [4.78, 5) is 24.2. The van der Waals surface area contributed by atoms with Crippen LogP contribution in [0.1, 0.15) is 18.4 Å². The van der Waals surface area contributed by atoms with Crippen molar-refractivity contribution >= 4 is 18.0 Å². The van der Waals surface area contributed by atoms with Crippen molar-refractivity contribution in [2.75, 3.05) is 6.54 Å². The van der Waals surface area contributed by atoms with E-state index in [-0.39, 0.29) is 11.7 Å². The minimum absolute atomic E-state index is 0.353. The fourth-order valence-electron chi connectivity index (χ4n) is 2.16. The molecule has 1 aliphatic heterocycles. The standard InChI is InChI=1S/C14H14FNO3/c15-11-4-1-3-10(9-11)6-7-13(17)16-8-2-5-12(16)14(18)19/h1,3-4,6-7,9,12H,2,5,8H2,(H,18,19)/b7-6-/t12-/m1/s1. The summed E-state index contributed by atoms with van der Waals surface area (Å²) in [6.45, 7) is 0.448. The van der Waals surface area contributed by atoms with Crippen molar-refractivity contribution in [2.24, 2.45) is 0 Å². The second kappa shape index (κ2) is 5.65. The van der Waals surface area contributed by atoms with Gasteiger partial charge in [0.2, 0.25) is 5.91 Å². The van der Waals surface area contributed by atoms with Crippen LogP contribution in [0.2, 0.25) is 0 Å². The number of nitrogens with zero attached hydrogens (tertiary/aromatic N) is 1. The minimum Gasteiger partial charge on any atom is -0.480 e. The number of rotatable bonds is 3. The van der Waals surface area contributed by atoms with Crippen LogP contribution in [0.3, 0.4) is 0 Å². The van der Waals surface area contributed by atoms with Gasteiger partial charge in [-0.25, -0.2) is 9.18 Å². The number of benzene rings is 1. The van der Waals surface area contributed by atoms with E-state index in [0.717, 1.165) is 0 Å². The van der Waals surface area contributed by atoms with Crippen molar-refractivity contribution in [2.45, 2.75) is 18.9 Å². The van der Waals surface area contributed by atoms with Crippen molar-refractivity contribution in [1.82, 2.24) is 4.90 Å². The highest BCUT2D eigenvalue weighted by molar-refractivity contribution is 5.94. The third kappa shape index (κ3) is 3.19. The van der Waals surface area contributed by atoms with E-state index < -0.39 is 12.0 Å². The lowest BCUT2D eigenvalue weighted by molar-refractivity contribution is -0.146. The third-order valence-corrected chi connectivity index (χ3v) is 3.09. The van der Waals surface area contributed by atoms with Crippen LogP contribution in [0.4, 0.5) is 4.39 Å². The predicted molar refractivity (Wildman–Crippen MR) is 67.8 cm³/mol. The Morgan fingerprint density at radius 1 is 1.42 bits per heavy atom. The van der Waals surface area contributed by atoms with Gasteiger partial charge in [-0.3, -0.25) is 4.79 Å². The lowest BCUT2D eigenvalue weighted by Gasteiger charge is -2.19. The average molecular weight is 263 g/mol. The first-order valence-corrected chi connectivity index (χ1v) is 6.05. The Morgan fingerprint density at radius 2 is 2.21 bits per heavy atom. The second-order valence-electron chi connectivity index (χ2n) is 4.42. The number of carboxylic acids is 1. The lowest BCUT2D eigenvalue weighted by atomic mass is 10.2. The van der Waals surface area contributed by atoms with E-state index in [2.05, 4.69) is 0 Å². The molecule has 1 amide bonds. The monoisotopic (exact) mass is 263 g/mol. The number of hydrogen-bond acceptors (Lipinski definition) is 2. The number of amides is 1. The molecule has 1 fully saturated rings. The average Bonchev–Trinajstić information content (AvgIpc) is 2.85. The highest BCUT2D eigenvalue weighted by Crippen LogP contribution is 2.18. The zero-order chi connectivity index (χ0) is 13.8. The van der Waals surface area contributed by atoms with Gasteiger partial charge >= 0.3 is 5.97 Å². The van der Waals surface area contributed by atoms with E-state index in [0.29, 0.717) is 24.9 Å². The molecule has 100 valence electrons. The number of carboxylic acid groups (broad SMARTS) is 1. The third-order valence-electron chi connectivity index (χ3n) is 3.09. The number of carbonyl (C=O) groups is 2. The first-order chi connectivity index (χ1) is 9.08. The van der Waals surface area contributed by atoms with Gasteiger partial charge in [0.1, 0.15) is 11.9 Å². The Kier molecular flexibility index (Phi) is 3.94. The van der Waals surface area contributed by atoms with E-state index in [9.17, 15) is 14.0 Å². The molecule has 2 rings (SSSR count). The summed E-state index contributed by atoms with van der Waals surface area (Å²) >= 11 is 0. The highest BCUT2D eigenvalue weighted by Gasteiger charge is 2.32. The molecule has 1 aliphatic rings. The van der Waals surface area contributed by atoms with Crippen LogP contribution in [0, 0.1) is 5.82 Å². The molecule has 0 aromatic heterocycles. The summed E-state index contributed by atoms with van der Waals surface area (Å²) in [6, 6.07) is 5.10. The Bertz CT molecular complexity index is 527. The maximum Gasteiger partial charge on any atom is 0.326 e.